The molecule has 2 heterocycles. The molecular weight excluding hydrogens is 200 g/mol. The van der Waals surface area contributed by atoms with Gasteiger partial charge in [-0.1, -0.05) is 12.1 Å². The maximum atomic E-state index is 11.3. The lowest BCUT2D eigenvalue weighted by atomic mass is 10.1. The van der Waals surface area contributed by atoms with Gasteiger partial charge in [-0.25, -0.2) is 0 Å². The number of rotatable bonds is 1. The Hall–Kier alpha value is -1.90. The van der Waals surface area contributed by atoms with Crippen molar-refractivity contribution < 1.29 is 4.79 Å². The van der Waals surface area contributed by atoms with Gasteiger partial charge in [0, 0.05) is 36.4 Å². The Morgan fingerprint density at radius 1 is 1.25 bits per heavy atom. The van der Waals surface area contributed by atoms with E-state index in [-0.39, 0.29) is 0 Å². The summed E-state index contributed by atoms with van der Waals surface area (Å²) in [7, 11) is 0. The van der Waals surface area contributed by atoms with Crippen molar-refractivity contribution in [2.75, 3.05) is 18.0 Å². The molecule has 0 radical (unpaired) electrons. The third kappa shape index (κ3) is 1.45. The minimum absolute atomic E-state index is 0.320. The second kappa shape index (κ2) is 3.59. The highest BCUT2D eigenvalue weighted by molar-refractivity contribution is 5.97. The van der Waals surface area contributed by atoms with Gasteiger partial charge < -0.3 is 4.90 Å². The van der Waals surface area contributed by atoms with E-state index in [4.69, 9.17) is 0 Å². The van der Waals surface area contributed by atoms with Crippen LogP contribution in [0, 0.1) is 0 Å². The number of nitrogens with zero attached hydrogens (tertiary/aromatic N) is 2. The van der Waals surface area contributed by atoms with Crippen LogP contribution in [0.4, 0.5) is 5.69 Å². The van der Waals surface area contributed by atoms with E-state index >= 15 is 0 Å². The van der Waals surface area contributed by atoms with Gasteiger partial charge in [0.25, 0.3) is 0 Å². The normalized spacial score (nSPS) is 16.0. The van der Waals surface area contributed by atoms with Gasteiger partial charge in [-0.2, -0.15) is 0 Å². The zero-order valence-electron chi connectivity index (χ0n) is 8.89. The first-order valence-electron chi connectivity index (χ1n) is 5.44. The highest BCUT2D eigenvalue weighted by Crippen LogP contribution is 2.27. The van der Waals surface area contributed by atoms with Crippen molar-refractivity contribution in [1.82, 2.24) is 4.98 Å². The number of carbonyl (C=O) groups is 1. The molecule has 0 amide bonds. The molecule has 0 unspecified atom stereocenters. The number of benzene rings is 1. The molecule has 2 aromatic rings. The van der Waals surface area contributed by atoms with Crippen LogP contribution in [0.2, 0.25) is 0 Å². The molecular formula is C13H12N2O. The Balaban J connectivity index is 2.13. The number of hydrogen-bond donors (Lipinski definition) is 0. The summed E-state index contributed by atoms with van der Waals surface area (Å²) in [6, 6.07) is 8.15. The largest absolute Gasteiger partial charge is 0.363 e. The van der Waals surface area contributed by atoms with Gasteiger partial charge >= 0.3 is 0 Å². The van der Waals surface area contributed by atoms with Gasteiger partial charge in [-0.05, 0) is 17.5 Å². The molecule has 3 heteroatoms. The second-order valence-electron chi connectivity index (χ2n) is 4.08. The molecule has 3 rings (SSSR count). The van der Waals surface area contributed by atoms with Gasteiger partial charge in [-0.3, -0.25) is 9.78 Å². The summed E-state index contributed by atoms with van der Waals surface area (Å²) in [5.41, 5.74) is 1.12. The fraction of sp³-hybridized carbons (Fsp3) is 0.231. The first kappa shape index (κ1) is 9.33. The number of anilines is 1. The Morgan fingerprint density at radius 2 is 2.19 bits per heavy atom. The minimum atomic E-state index is 0.320. The molecule has 0 atom stereocenters. The van der Waals surface area contributed by atoms with Gasteiger partial charge in [0.2, 0.25) is 0 Å². The van der Waals surface area contributed by atoms with E-state index in [0.717, 1.165) is 17.6 Å². The molecule has 1 saturated heterocycles. The summed E-state index contributed by atoms with van der Waals surface area (Å²) >= 11 is 0. The summed E-state index contributed by atoms with van der Waals surface area (Å²) < 4.78 is 0. The summed E-state index contributed by atoms with van der Waals surface area (Å²) in [5, 5.41) is 2.30. The second-order valence-corrected chi connectivity index (χ2v) is 4.08. The van der Waals surface area contributed by atoms with Crippen molar-refractivity contribution in [3.63, 3.8) is 0 Å². The molecule has 1 fully saturated rings. The molecule has 0 aliphatic carbocycles. The Kier molecular flexibility index (Phi) is 2.10. The topological polar surface area (TPSA) is 33.2 Å². The number of aromatic nitrogens is 1. The maximum absolute atomic E-state index is 11.3. The van der Waals surface area contributed by atoms with E-state index in [1.54, 1.807) is 6.20 Å². The first-order valence-corrected chi connectivity index (χ1v) is 5.44. The molecule has 0 spiro atoms. The van der Waals surface area contributed by atoms with Crippen LogP contribution in [-0.4, -0.2) is 23.9 Å². The predicted octanol–water partition coefficient (Wildman–Crippen LogP) is 2.01. The van der Waals surface area contributed by atoms with Crippen molar-refractivity contribution in [3.05, 3.63) is 36.7 Å². The number of fused-ring (bicyclic) bond motifs is 1. The highest BCUT2D eigenvalue weighted by Gasteiger charge is 2.20. The molecule has 0 N–H and O–H groups in total. The van der Waals surface area contributed by atoms with Crippen LogP contribution < -0.4 is 4.90 Å². The molecule has 0 saturated carbocycles. The van der Waals surface area contributed by atoms with Crippen LogP contribution >= 0.6 is 0 Å². The molecule has 1 aromatic carbocycles. The summed E-state index contributed by atoms with van der Waals surface area (Å²) in [4.78, 5) is 17.6. The van der Waals surface area contributed by atoms with Gasteiger partial charge in [0.15, 0.2) is 5.78 Å². The third-order valence-electron chi connectivity index (χ3n) is 3.03. The SMILES string of the molecule is O=C1CCN(c2cccc3ccncc23)C1. The van der Waals surface area contributed by atoms with Crippen LogP contribution in [0.15, 0.2) is 36.7 Å². The van der Waals surface area contributed by atoms with Crippen molar-refractivity contribution >= 4 is 22.2 Å². The van der Waals surface area contributed by atoms with Gasteiger partial charge in [-0.15, -0.1) is 0 Å². The zero-order chi connectivity index (χ0) is 11.0. The first-order chi connectivity index (χ1) is 7.84. The van der Waals surface area contributed by atoms with Crippen LogP contribution in [0.3, 0.4) is 0 Å². The van der Waals surface area contributed by atoms with E-state index in [0.29, 0.717) is 18.7 Å². The monoisotopic (exact) mass is 212 g/mol. The maximum Gasteiger partial charge on any atom is 0.153 e. The summed E-state index contributed by atoms with van der Waals surface area (Å²) in [6.45, 7) is 1.36. The fourth-order valence-electron chi connectivity index (χ4n) is 2.21. The summed E-state index contributed by atoms with van der Waals surface area (Å²) in [6.07, 6.45) is 4.32. The minimum Gasteiger partial charge on any atom is -0.363 e. The fourth-order valence-corrected chi connectivity index (χ4v) is 2.21. The van der Waals surface area contributed by atoms with Gasteiger partial charge in [0.05, 0.1) is 6.54 Å². The van der Waals surface area contributed by atoms with Crippen LogP contribution in [0.5, 0.6) is 0 Å². The van der Waals surface area contributed by atoms with E-state index in [1.807, 2.05) is 18.3 Å². The van der Waals surface area contributed by atoms with E-state index < -0.39 is 0 Å². The van der Waals surface area contributed by atoms with Crippen molar-refractivity contribution in [1.29, 1.82) is 0 Å². The molecule has 1 aliphatic rings. The number of carbonyl (C=O) groups excluding carboxylic acids is 1. The number of ketones is 1. The molecule has 0 bridgehead atoms. The van der Waals surface area contributed by atoms with E-state index in [1.165, 1.54) is 5.39 Å². The number of hydrogen-bond acceptors (Lipinski definition) is 3. The van der Waals surface area contributed by atoms with E-state index in [2.05, 4.69) is 22.0 Å². The smallest absolute Gasteiger partial charge is 0.153 e. The van der Waals surface area contributed by atoms with Gasteiger partial charge in [0.1, 0.15) is 0 Å². The Labute approximate surface area is 93.7 Å². The number of pyridine rings is 1. The van der Waals surface area contributed by atoms with Crippen molar-refractivity contribution in [3.8, 4) is 0 Å². The lowest BCUT2D eigenvalue weighted by Gasteiger charge is -2.18. The average Bonchev–Trinajstić information content (AvgIpc) is 2.75. The zero-order valence-corrected chi connectivity index (χ0v) is 8.89. The average molecular weight is 212 g/mol. The van der Waals surface area contributed by atoms with Crippen molar-refractivity contribution in [2.45, 2.75) is 6.42 Å². The lowest BCUT2D eigenvalue weighted by Crippen LogP contribution is -2.19. The highest BCUT2D eigenvalue weighted by atomic mass is 16.1. The standard InChI is InChI=1S/C13H12N2O/c16-11-5-7-15(9-11)13-3-1-2-10-4-6-14-8-12(10)13/h1-4,6,8H,5,7,9H2. The molecule has 16 heavy (non-hydrogen) atoms. The van der Waals surface area contributed by atoms with Crippen LogP contribution in [0.1, 0.15) is 6.42 Å². The van der Waals surface area contributed by atoms with Crippen LogP contribution in [-0.2, 0) is 4.79 Å². The molecule has 1 aromatic heterocycles. The molecule has 1 aliphatic heterocycles. The third-order valence-corrected chi connectivity index (χ3v) is 3.03. The lowest BCUT2D eigenvalue weighted by molar-refractivity contribution is -0.116. The van der Waals surface area contributed by atoms with Crippen LogP contribution in [0.25, 0.3) is 10.8 Å². The molecule has 80 valence electrons. The Bertz CT molecular complexity index is 545. The molecule has 3 nitrogen and oxygen atoms in total. The predicted molar refractivity (Wildman–Crippen MR) is 63.6 cm³/mol. The summed E-state index contributed by atoms with van der Waals surface area (Å²) in [5.74, 6) is 0.320. The quantitative estimate of drug-likeness (QED) is 0.725. The number of Topliss-reactive ketones (excluding diaryl/α,β-unsaturated/α-hetero) is 1. The van der Waals surface area contributed by atoms with Crippen molar-refractivity contribution in [2.24, 2.45) is 0 Å². The Morgan fingerprint density at radius 3 is 3.00 bits per heavy atom. The van der Waals surface area contributed by atoms with E-state index in [9.17, 15) is 4.79 Å².